The predicted octanol–water partition coefficient (Wildman–Crippen LogP) is 2.72. The van der Waals surface area contributed by atoms with E-state index in [0.29, 0.717) is 0 Å². The number of benzene rings is 1. The van der Waals surface area contributed by atoms with Crippen LogP contribution < -0.4 is 10.6 Å². The number of nitro groups is 1. The van der Waals surface area contributed by atoms with Crippen LogP contribution in [0.3, 0.4) is 0 Å². The zero-order valence-electron chi connectivity index (χ0n) is 10.3. The fourth-order valence-electron chi connectivity index (χ4n) is 1.13. The Morgan fingerprint density at radius 2 is 2.11 bits per heavy atom. The first-order chi connectivity index (χ1) is 8.81. The van der Waals surface area contributed by atoms with Gasteiger partial charge in [-0.25, -0.2) is 0 Å². The summed E-state index contributed by atoms with van der Waals surface area (Å²) < 4.78 is 0. The van der Waals surface area contributed by atoms with Gasteiger partial charge in [0.1, 0.15) is 0 Å². The third-order valence-electron chi connectivity index (χ3n) is 2.17. The zero-order valence-corrected chi connectivity index (χ0v) is 11.8. The van der Waals surface area contributed by atoms with E-state index in [-0.39, 0.29) is 33.3 Å². The Kier molecular flexibility index (Phi) is 5.20. The molecule has 19 heavy (non-hydrogen) atoms. The SMILES string of the molecule is CC(C)C(=O)NC(=S)Nc1cc([N+](=O)[O-])ccc1Cl. The van der Waals surface area contributed by atoms with Crippen LogP contribution in [0, 0.1) is 16.0 Å². The van der Waals surface area contributed by atoms with E-state index in [0.717, 1.165) is 0 Å². The van der Waals surface area contributed by atoms with Gasteiger partial charge in [0.05, 0.1) is 15.6 Å². The minimum Gasteiger partial charge on any atom is -0.331 e. The average molecular weight is 302 g/mol. The van der Waals surface area contributed by atoms with Crippen molar-refractivity contribution < 1.29 is 9.72 Å². The van der Waals surface area contributed by atoms with Crippen LogP contribution in [0.4, 0.5) is 11.4 Å². The summed E-state index contributed by atoms with van der Waals surface area (Å²) in [5.74, 6) is -0.473. The van der Waals surface area contributed by atoms with Gasteiger partial charge < -0.3 is 10.6 Å². The number of carbonyl (C=O) groups is 1. The van der Waals surface area contributed by atoms with E-state index in [2.05, 4.69) is 10.6 Å². The molecule has 8 heteroatoms. The molecule has 0 saturated carbocycles. The van der Waals surface area contributed by atoms with Crippen molar-refractivity contribution in [2.24, 2.45) is 5.92 Å². The number of nitro benzene ring substituents is 1. The number of halogens is 1. The molecule has 0 unspecified atom stereocenters. The summed E-state index contributed by atoms with van der Waals surface area (Å²) in [6.45, 7) is 3.44. The maximum Gasteiger partial charge on any atom is 0.271 e. The van der Waals surface area contributed by atoms with Gasteiger partial charge >= 0.3 is 0 Å². The molecule has 1 aromatic rings. The topological polar surface area (TPSA) is 84.3 Å². The molecule has 2 N–H and O–H groups in total. The number of anilines is 1. The van der Waals surface area contributed by atoms with E-state index in [1.165, 1.54) is 18.2 Å². The quantitative estimate of drug-likeness (QED) is 0.509. The van der Waals surface area contributed by atoms with Crippen molar-refractivity contribution in [2.75, 3.05) is 5.32 Å². The standard InChI is InChI=1S/C11H12ClN3O3S/c1-6(2)10(16)14-11(19)13-9-5-7(15(17)18)3-4-8(9)12/h3-6H,1-2H3,(H2,13,14,16,19). The second-order valence-electron chi connectivity index (χ2n) is 4.02. The first-order valence-corrected chi connectivity index (χ1v) is 6.15. The summed E-state index contributed by atoms with van der Waals surface area (Å²) in [4.78, 5) is 21.5. The van der Waals surface area contributed by atoms with Crippen molar-refractivity contribution in [3.05, 3.63) is 33.3 Å². The van der Waals surface area contributed by atoms with Crippen LogP contribution >= 0.6 is 23.8 Å². The molecule has 0 aliphatic rings. The van der Waals surface area contributed by atoms with Crippen LogP contribution in [0.2, 0.25) is 5.02 Å². The summed E-state index contributed by atoms with van der Waals surface area (Å²) >= 11 is 10.8. The monoisotopic (exact) mass is 301 g/mol. The van der Waals surface area contributed by atoms with E-state index in [1.807, 2.05) is 0 Å². The Labute approximate surface area is 120 Å². The lowest BCUT2D eigenvalue weighted by Crippen LogP contribution is -2.36. The molecule has 0 fully saturated rings. The number of carbonyl (C=O) groups excluding carboxylic acids is 1. The smallest absolute Gasteiger partial charge is 0.271 e. The Balaban J connectivity index is 2.81. The van der Waals surface area contributed by atoms with Crippen LogP contribution in [0.1, 0.15) is 13.8 Å². The van der Waals surface area contributed by atoms with Crippen LogP contribution in [-0.4, -0.2) is 15.9 Å². The van der Waals surface area contributed by atoms with E-state index < -0.39 is 4.92 Å². The third-order valence-corrected chi connectivity index (χ3v) is 2.70. The molecule has 0 atom stereocenters. The molecule has 102 valence electrons. The van der Waals surface area contributed by atoms with Crippen molar-refractivity contribution in [1.82, 2.24) is 5.32 Å². The van der Waals surface area contributed by atoms with E-state index >= 15 is 0 Å². The van der Waals surface area contributed by atoms with Gasteiger partial charge in [0.2, 0.25) is 5.91 Å². The van der Waals surface area contributed by atoms with E-state index in [9.17, 15) is 14.9 Å². The van der Waals surface area contributed by atoms with Gasteiger partial charge in [0.25, 0.3) is 5.69 Å². The largest absolute Gasteiger partial charge is 0.331 e. The average Bonchev–Trinajstić information content (AvgIpc) is 2.31. The normalized spacial score (nSPS) is 10.1. The molecule has 1 amide bonds. The molecule has 0 aliphatic carbocycles. The first-order valence-electron chi connectivity index (χ1n) is 5.37. The lowest BCUT2D eigenvalue weighted by molar-refractivity contribution is -0.384. The lowest BCUT2D eigenvalue weighted by atomic mass is 10.2. The van der Waals surface area contributed by atoms with Crippen molar-refractivity contribution in [2.45, 2.75) is 13.8 Å². The molecule has 1 rings (SSSR count). The first kappa shape index (κ1) is 15.3. The summed E-state index contributed by atoms with van der Waals surface area (Å²) in [7, 11) is 0. The predicted molar refractivity (Wildman–Crippen MR) is 77.3 cm³/mol. The van der Waals surface area contributed by atoms with Crippen molar-refractivity contribution in [3.8, 4) is 0 Å². The third kappa shape index (κ3) is 4.46. The molecule has 1 aromatic carbocycles. The number of amides is 1. The molecule has 0 aromatic heterocycles. The van der Waals surface area contributed by atoms with Crippen molar-refractivity contribution >= 4 is 46.2 Å². The van der Waals surface area contributed by atoms with Crippen LogP contribution in [0.5, 0.6) is 0 Å². The highest BCUT2D eigenvalue weighted by molar-refractivity contribution is 7.80. The summed E-state index contributed by atoms with van der Waals surface area (Å²) in [6, 6.07) is 3.91. The maximum absolute atomic E-state index is 11.4. The Hall–Kier alpha value is -1.73. The Morgan fingerprint density at radius 1 is 1.47 bits per heavy atom. The lowest BCUT2D eigenvalue weighted by Gasteiger charge is -2.12. The van der Waals surface area contributed by atoms with Crippen LogP contribution in [-0.2, 0) is 4.79 Å². The van der Waals surface area contributed by atoms with Gasteiger partial charge in [-0.15, -0.1) is 0 Å². The molecule has 0 spiro atoms. The zero-order chi connectivity index (χ0) is 14.6. The molecule has 6 nitrogen and oxygen atoms in total. The van der Waals surface area contributed by atoms with E-state index in [1.54, 1.807) is 13.8 Å². The number of non-ortho nitro benzene ring substituents is 1. The summed E-state index contributed by atoms with van der Waals surface area (Å²) in [5, 5.41) is 16.1. The number of hydrogen-bond donors (Lipinski definition) is 2. The Bertz CT molecular complexity index is 534. The molecule has 0 aliphatic heterocycles. The number of thiocarbonyl (C=S) groups is 1. The minimum atomic E-state index is -0.544. The molecular weight excluding hydrogens is 290 g/mol. The summed E-state index contributed by atoms with van der Waals surface area (Å²) in [6.07, 6.45) is 0. The number of hydrogen-bond acceptors (Lipinski definition) is 4. The van der Waals surface area contributed by atoms with Gasteiger partial charge in [0, 0.05) is 18.1 Å². The molecule has 0 radical (unpaired) electrons. The number of nitrogens with one attached hydrogen (secondary N) is 2. The van der Waals surface area contributed by atoms with E-state index in [4.69, 9.17) is 23.8 Å². The van der Waals surface area contributed by atoms with Gasteiger partial charge in [-0.1, -0.05) is 25.4 Å². The molecular formula is C11H12ClN3O3S. The number of rotatable bonds is 3. The summed E-state index contributed by atoms with van der Waals surface area (Å²) in [5.41, 5.74) is 0.148. The molecule has 0 heterocycles. The van der Waals surface area contributed by atoms with Gasteiger partial charge in [-0.2, -0.15) is 0 Å². The van der Waals surface area contributed by atoms with Gasteiger partial charge in [0.15, 0.2) is 5.11 Å². The number of nitrogens with zero attached hydrogens (tertiary/aromatic N) is 1. The maximum atomic E-state index is 11.4. The molecule has 0 bridgehead atoms. The van der Waals surface area contributed by atoms with Crippen molar-refractivity contribution in [3.63, 3.8) is 0 Å². The second-order valence-corrected chi connectivity index (χ2v) is 4.83. The van der Waals surface area contributed by atoms with Gasteiger partial charge in [-0.3, -0.25) is 14.9 Å². The van der Waals surface area contributed by atoms with Crippen LogP contribution in [0.15, 0.2) is 18.2 Å². The van der Waals surface area contributed by atoms with Crippen molar-refractivity contribution in [1.29, 1.82) is 0 Å². The highest BCUT2D eigenvalue weighted by atomic mass is 35.5. The second kappa shape index (κ2) is 6.44. The Morgan fingerprint density at radius 3 is 2.63 bits per heavy atom. The molecule has 0 saturated heterocycles. The highest BCUT2D eigenvalue weighted by Gasteiger charge is 2.13. The van der Waals surface area contributed by atoms with Gasteiger partial charge in [-0.05, 0) is 18.3 Å². The fourth-order valence-corrected chi connectivity index (χ4v) is 1.51. The van der Waals surface area contributed by atoms with Crippen LogP contribution in [0.25, 0.3) is 0 Å². The minimum absolute atomic E-state index is 0.0427. The highest BCUT2D eigenvalue weighted by Crippen LogP contribution is 2.26. The fraction of sp³-hybridized carbons (Fsp3) is 0.273.